The minimum atomic E-state index is -0.444. The fourth-order valence-electron chi connectivity index (χ4n) is 6.00. The summed E-state index contributed by atoms with van der Waals surface area (Å²) in [4.78, 5) is 41.3. The predicted octanol–water partition coefficient (Wildman–Crippen LogP) is 2.59. The van der Waals surface area contributed by atoms with Crippen LogP contribution in [0, 0.1) is 24.1 Å². The van der Waals surface area contributed by atoms with E-state index in [9.17, 15) is 14.4 Å². The molecule has 12 heteroatoms. The molecule has 1 unspecified atom stereocenters. The number of nitriles is 1. The number of fused-ring (bicyclic) bond motifs is 2. The number of guanidine groups is 2. The average molecular weight is 583 g/mol. The number of nitrogens with zero attached hydrogens (tertiary/aromatic N) is 9. The van der Waals surface area contributed by atoms with E-state index in [1.807, 2.05) is 41.0 Å². The van der Waals surface area contributed by atoms with Gasteiger partial charge in [-0.3, -0.25) is 14.7 Å². The minimum absolute atomic E-state index is 0.0256. The van der Waals surface area contributed by atoms with Gasteiger partial charge < -0.3 is 20.4 Å². The van der Waals surface area contributed by atoms with Crippen molar-refractivity contribution in [3.63, 3.8) is 0 Å². The highest BCUT2D eigenvalue weighted by molar-refractivity contribution is 6.00. The van der Waals surface area contributed by atoms with E-state index < -0.39 is 5.82 Å². The average Bonchev–Trinajstić information content (AvgIpc) is 3.05. The van der Waals surface area contributed by atoms with Gasteiger partial charge in [0.05, 0.1) is 23.7 Å². The highest BCUT2D eigenvalue weighted by atomic mass is 19.1. The molecule has 1 aromatic heterocycles. The standard InChI is InChI=1S/C31H35FN10O/c1-21-26-7-2-3-8-27(26)38-28(37-21)18-42-29(43)19-41(16-23-14-24(32)10-9-22(23)15-33)30(39-12-4-6-25(34)17-39)36-20-40-13-5-11-35-31(40)42/h2-3,7-10,14,25H,4-6,11-13,16-20,34H2,1H3. The van der Waals surface area contributed by atoms with Crippen LogP contribution in [0.5, 0.6) is 0 Å². The van der Waals surface area contributed by atoms with Gasteiger partial charge >= 0.3 is 0 Å². The van der Waals surface area contributed by atoms with Crippen molar-refractivity contribution in [2.75, 3.05) is 39.4 Å². The summed E-state index contributed by atoms with van der Waals surface area (Å²) in [6.07, 6.45) is 2.65. The zero-order valence-electron chi connectivity index (χ0n) is 24.3. The smallest absolute Gasteiger partial charge is 0.249 e. The number of carbonyl (C=O) groups is 1. The van der Waals surface area contributed by atoms with Gasteiger partial charge in [-0.05, 0) is 56.0 Å². The molecule has 0 spiro atoms. The third-order valence-corrected chi connectivity index (χ3v) is 8.09. The Labute approximate surface area is 250 Å². The molecule has 0 bridgehead atoms. The summed E-state index contributed by atoms with van der Waals surface area (Å²) >= 11 is 0. The van der Waals surface area contributed by atoms with Crippen molar-refractivity contribution < 1.29 is 9.18 Å². The number of likely N-dealkylation sites (tertiary alicyclic amines) is 1. The topological polar surface area (TPSA) is 130 Å². The van der Waals surface area contributed by atoms with E-state index in [-0.39, 0.29) is 38.3 Å². The van der Waals surface area contributed by atoms with E-state index in [2.05, 4.69) is 11.0 Å². The van der Waals surface area contributed by atoms with Gasteiger partial charge in [0.1, 0.15) is 24.9 Å². The number of amides is 1. The van der Waals surface area contributed by atoms with E-state index in [0.29, 0.717) is 48.5 Å². The fourth-order valence-corrected chi connectivity index (χ4v) is 6.00. The molecule has 1 saturated heterocycles. The lowest BCUT2D eigenvalue weighted by Gasteiger charge is -2.38. The first-order valence-corrected chi connectivity index (χ1v) is 14.7. The van der Waals surface area contributed by atoms with Crippen molar-refractivity contribution in [1.29, 1.82) is 5.26 Å². The summed E-state index contributed by atoms with van der Waals surface area (Å²) < 4.78 is 14.4. The third kappa shape index (κ3) is 6.12. The molecule has 0 radical (unpaired) electrons. The lowest BCUT2D eigenvalue weighted by molar-refractivity contribution is -0.128. The van der Waals surface area contributed by atoms with Crippen LogP contribution in [-0.4, -0.2) is 92.8 Å². The molecule has 6 rings (SSSR count). The minimum Gasteiger partial charge on any atom is -0.341 e. The zero-order valence-corrected chi connectivity index (χ0v) is 24.3. The second-order valence-corrected chi connectivity index (χ2v) is 11.2. The fraction of sp³-hybridized carbons (Fsp3) is 0.419. The number of halogens is 1. The number of carbonyl (C=O) groups excluding carboxylic acids is 1. The van der Waals surface area contributed by atoms with Gasteiger partial charge in [0, 0.05) is 49.8 Å². The Bertz CT molecular complexity index is 1630. The molecule has 2 N–H and O–H groups in total. The quantitative estimate of drug-likeness (QED) is 0.497. The maximum absolute atomic E-state index is 14.4. The van der Waals surface area contributed by atoms with Gasteiger partial charge in [0.25, 0.3) is 0 Å². The maximum Gasteiger partial charge on any atom is 0.249 e. The first kappa shape index (κ1) is 28.5. The third-order valence-electron chi connectivity index (χ3n) is 8.09. The molecule has 11 nitrogen and oxygen atoms in total. The van der Waals surface area contributed by atoms with Crippen LogP contribution in [0.2, 0.25) is 0 Å². The van der Waals surface area contributed by atoms with E-state index in [0.717, 1.165) is 42.4 Å². The SMILES string of the molecule is Cc1nc(CN2C(=O)CN(Cc3cc(F)ccc3C#N)C(N3CCCC(N)C3)=NCN3CCCN=C32)nc2ccccc12. The summed E-state index contributed by atoms with van der Waals surface area (Å²) in [5, 5.41) is 10.7. The number of hydrogen-bond acceptors (Lipinski definition) is 10. The Morgan fingerprint density at radius 3 is 2.72 bits per heavy atom. The van der Waals surface area contributed by atoms with Crippen LogP contribution in [0.25, 0.3) is 10.9 Å². The van der Waals surface area contributed by atoms with Crippen LogP contribution in [0.4, 0.5) is 4.39 Å². The number of benzene rings is 2. The Morgan fingerprint density at radius 1 is 1.05 bits per heavy atom. The van der Waals surface area contributed by atoms with Crippen molar-refractivity contribution in [1.82, 2.24) is 29.6 Å². The number of aryl methyl sites for hydroxylation is 1. The molecular formula is C31H35FN10O. The molecule has 222 valence electrons. The van der Waals surface area contributed by atoms with Crippen LogP contribution in [-0.2, 0) is 17.9 Å². The maximum atomic E-state index is 14.4. The lowest BCUT2D eigenvalue weighted by Crippen LogP contribution is -2.54. The Morgan fingerprint density at radius 2 is 1.88 bits per heavy atom. The number of rotatable bonds is 4. The van der Waals surface area contributed by atoms with Crippen molar-refractivity contribution in [2.45, 2.75) is 45.3 Å². The Balaban J connectivity index is 1.40. The first-order valence-electron chi connectivity index (χ1n) is 14.7. The molecule has 43 heavy (non-hydrogen) atoms. The summed E-state index contributed by atoms with van der Waals surface area (Å²) in [5.74, 6) is 1.02. The molecular weight excluding hydrogens is 547 g/mol. The van der Waals surface area contributed by atoms with Crippen LogP contribution < -0.4 is 5.73 Å². The van der Waals surface area contributed by atoms with Gasteiger partial charge in [-0.25, -0.2) is 19.4 Å². The number of aliphatic imine (C=N–C) groups is 2. The molecule has 1 fully saturated rings. The zero-order chi connectivity index (χ0) is 29.9. The molecule has 4 heterocycles. The molecule has 2 aromatic carbocycles. The van der Waals surface area contributed by atoms with E-state index in [1.165, 1.54) is 18.2 Å². The van der Waals surface area contributed by atoms with Gasteiger partial charge in [0.15, 0.2) is 5.96 Å². The number of hydrogen-bond donors (Lipinski definition) is 1. The van der Waals surface area contributed by atoms with Crippen molar-refractivity contribution in [3.8, 4) is 6.07 Å². The normalized spacial score (nSPS) is 19.7. The lowest BCUT2D eigenvalue weighted by atomic mass is 10.1. The van der Waals surface area contributed by atoms with Crippen LogP contribution in [0.1, 0.15) is 41.9 Å². The molecule has 3 aliphatic rings. The number of aromatic nitrogens is 2. The van der Waals surface area contributed by atoms with E-state index in [4.69, 9.17) is 25.7 Å². The van der Waals surface area contributed by atoms with Crippen LogP contribution in [0.15, 0.2) is 52.4 Å². The monoisotopic (exact) mass is 582 g/mol. The Hall–Kier alpha value is -4.63. The highest BCUT2D eigenvalue weighted by Crippen LogP contribution is 2.21. The second-order valence-electron chi connectivity index (χ2n) is 11.2. The summed E-state index contributed by atoms with van der Waals surface area (Å²) in [5.41, 5.74) is 8.85. The summed E-state index contributed by atoms with van der Waals surface area (Å²) in [6, 6.07) is 14.0. The number of para-hydroxylation sites is 1. The molecule has 1 amide bonds. The summed E-state index contributed by atoms with van der Waals surface area (Å²) in [7, 11) is 0. The second kappa shape index (κ2) is 12.3. The summed E-state index contributed by atoms with van der Waals surface area (Å²) in [6.45, 7) is 5.05. The highest BCUT2D eigenvalue weighted by Gasteiger charge is 2.34. The van der Waals surface area contributed by atoms with Crippen LogP contribution in [0.3, 0.4) is 0 Å². The van der Waals surface area contributed by atoms with Gasteiger partial charge in [-0.15, -0.1) is 0 Å². The molecule has 1 atom stereocenters. The van der Waals surface area contributed by atoms with Gasteiger partial charge in [-0.1, -0.05) is 18.2 Å². The van der Waals surface area contributed by atoms with Crippen molar-refractivity contribution in [2.24, 2.45) is 15.7 Å². The molecule has 3 aromatic rings. The van der Waals surface area contributed by atoms with Crippen molar-refractivity contribution in [3.05, 3.63) is 70.9 Å². The Kier molecular flexibility index (Phi) is 8.16. The largest absolute Gasteiger partial charge is 0.341 e. The van der Waals surface area contributed by atoms with Crippen LogP contribution >= 0.6 is 0 Å². The molecule has 3 aliphatic heterocycles. The predicted molar refractivity (Wildman–Crippen MR) is 161 cm³/mol. The number of piperidine rings is 1. The number of nitrogens with two attached hydrogens (primary N) is 1. The van der Waals surface area contributed by atoms with E-state index >= 15 is 0 Å². The molecule has 0 saturated carbocycles. The van der Waals surface area contributed by atoms with Gasteiger partial charge in [-0.2, -0.15) is 5.26 Å². The van der Waals surface area contributed by atoms with Gasteiger partial charge in [0.2, 0.25) is 11.9 Å². The molecule has 0 aliphatic carbocycles. The van der Waals surface area contributed by atoms with Crippen molar-refractivity contribution >= 4 is 28.7 Å². The van der Waals surface area contributed by atoms with E-state index in [1.54, 1.807) is 4.90 Å². The first-order chi connectivity index (χ1) is 20.9.